The summed E-state index contributed by atoms with van der Waals surface area (Å²) in [6.45, 7) is 1.17. The number of nitrogens with two attached hydrogens (primary N) is 1. The van der Waals surface area contributed by atoms with Gasteiger partial charge in [0.25, 0.3) is 0 Å². The van der Waals surface area contributed by atoms with Crippen molar-refractivity contribution in [2.45, 2.75) is 18.9 Å². The maximum atomic E-state index is 5.74. The average Bonchev–Trinajstić information content (AvgIpc) is 1.79. The van der Waals surface area contributed by atoms with Crippen molar-refractivity contribution in [3.8, 4) is 0 Å². The number of hydrogen-bond donors (Lipinski definition) is 1. The van der Waals surface area contributed by atoms with E-state index in [1.54, 1.807) is 0 Å². The molecule has 0 amide bonds. The van der Waals surface area contributed by atoms with Crippen molar-refractivity contribution in [1.82, 2.24) is 4.90 Å². The van der Waals surface area contributed by atoms with Crippen LogP contribution in [0.1, 0.15) is 12.8 Å². The molecule has 1 rings (SSSR count). The third-order valence-electron chi connectivity index (χ3n) is 2.08. The van der Waals surface area contributed by atoms with Crippen LogP contribution in [0.4, 0.5) is 0 Å². The predicted molar refractivity (Wildman–Crippen MR) is 39.3 cm³/mol. The van der Waals surface area contributed by atoms with Gasteiger partial charge in [-0.25, -0.2) is 0 Å². The molecule has 0 aliphatic heterocycles. The van der Waals surface area contributed by atoms with Crippen LogP contribution in [0.25, 0.3) is 0 Å². The summed E-state index contributed by atoms with van der Waals surface area (Å²) < 4.78 is 0. The zero-order valence-corrected chi connectivity index (χ0v) is 6.30. The van der Waals surface area contributed by atoms with Crippen molar-refractivity contribution in [2.24, 2.45) is 11.7 Å². The van der Waals surface area contributed by atoms with Crippen LogP contribution in [0.15, 0.2) is 0 Å². The van der Waals surface area contributed by atoms with E-state index in [9.17, 15) is 0 Å². The van der Waals surface area contributed by atoms with E-state index >= 15 is 0 Å². The zero-order valence-electron chi connectivity index (χ0n) is 6.30. The van der Waals surface area contributed by atoms with Crippen molar-refractivity contribution in [1.29, 1.82) is 0 Å². The third kappa shape index (κ3) is 1.66. The first-order valence-corrected chi connectivity index (χ1v) is 3.60. The molecule has 0 saturated heterocycles. The first-order chi connectivity index (χ1) is 4.20. The van der Waals surface area contributed by atoms with Crippen LogP contribution in [-0.4, -0.2) is 31.6 Å². The Labute approximate surface area is 57.0 Å². The molecule has 1 aliphatic rings. The van der Waals surface area contributed by atoms with E-state index in [2.05, 4.69) is 19.0 Å². The lowest BCUT2D eigenvalue weighted by Gasteiger charge is -2.35. The average molecular weight is 128 g/mol. The van der Waals surface area contributed by atoms with Gasteiger partial charge in [0.1, 0.15) is 0 Å². The summed E-state index contributed by atoms with van der Waals surface area (Å²) in [7, 11) is 4.20. The maximum Gasteiger partial charge on any atom is 0.00795 e. The molecule has 2 heteroatoms. The second kappa shape index (κ2) is 2.67. The van der Waals surface area contributed by atoms with Crippen LogP contribution in [0.5, 0.6) is 0 Å². The number of nitrogens with zero attached hydrogens (tertiary/aromatic N) is 1. The normalized spacial score (nSPS) is 34.7. The topological polar surface area (TPSA) is 29.3 Å². The molecule has 54 valence electrons. The quantitative estimate of drug-likeness (QED) is 0.579. The summed E-state index contributed by atoms with van der Waals surface area (Å²) in [6.07, 6.45) is 2.57. The summed E-state index contributed by atoms with van der Waals surface area (Å²) in [6, 6.07) is 0.493. The largest absolute Gasteiger partial charge is 0.327 e. The fraction of sp³-hybridized carbons (Fsp3) is 1.00. The van der Waals surface area contributed by atoms with Gasteiger partial charge < -0.3 is 10.6 Å². The van der Waals surface area contributed by atoms with Gasteiger partial charge in [-0.2, -0.15) is 0 Å². The predicted octanol–water partition coefficient (Wildman–Crippen LogP) is 0.285. The molecule has 2 atom stereocenters. The lowest BCUT2D eigenvalue weighted by molar-refractivity contribution is 0.194. The molecule has 0 heterocycles. The van der Waals surface area contributed by atoms with E-state index in [0.717, 1.165) is 5.92 Å². The molecule has 0 spiro atoms. The maximum absolute atomic E-state index is 5.74. The molecule has 2 nitrogen and oxygen atoms in total. The molecule has 1 aliphatic carbocycles. The van der Waals surface area contributed by atoms with Gasteiger partial charge in [-0.1, -0.05) is 0 Å². The fourth-order valence-electron chi connectivity index (χ4n) is 1.29. The summed E-state index contributed by atoms with van der Waals surface area (Å²) in [5, 5.41) is 0. The molecule has 2 unspecified atom stereocenters. The van der Waals surface area contributed by atoms with Crippen LogP contribution in [0, 0.1) is 5.92 Å². The van der Waals surface area contributed by atoms with Gasteiger partial charge in [0, 0.05) is 12.6 Å². The van der Waals surface area contributed by atoms with E-state index in [0.29, 0.717) is 6.04 Å². The SMILES string of the molecule is CN(C)CC1CCC1N. The van der Waals surface area contributed by atoms with Crippen LogP contribution in [-0.2, 0) is 0 Å². The van der Waals surface area contributed by atoms with Gasteiger partial charge in [-0.3, -0.25) is 0 Å². The monoisotopic (exact) mass is 128 g/mol. The second-order valence-electron chi connectivity index (χ2n) is 3.26. The molecule has 9 heavy (non-hydrogen) atoms. The first-order valence-electron chi connectivity index (χ1n) is 3.60. The Morgan fingerprint density at radius 1 is 1.44 bits per heavy atom. The van der Waals surface area contributed by atoms with Crippen LogP contribution in [0.3, 0.4) is 0 Å². The third-order valence-corrected chi connectivity index (χ3v) is 2.08. The van der Waals surface area contributed by atoms with Crippen molar-refractivity contribution >= 4 is 0 Å². The van der Waals surface area contributed by atoms with Gasteiger partial charge in [-0.05, 0) is 32.9 Å². The van der Waals surface area contributed by atoms with E-state index < -0.39 is 0 Å². The highest BCUT2D eigenvalue weighted by Crippen LogP contribution is 2.25. The molecular formula is C7H16N2. The minimum Gasteiger partial charge on any atom is -0.327 e. The summed E-state index contributed by atoms with van der Waals surface area (Å²) in [5.41, 5.74) is 5.74. The Hall–Kier alpha value is -0.0800. The van der Waals surface area contributed by atoms with Gasteiger partial charge in [0.2, 0.25) is 0 Å². The van der Waals surface area contributed by atoms with E-state index in [1.807, 2.05) is 0 Å². The van der Waals surface area contributed by atoms with Gasteiger partial charge >= 0.3 is 0 Å². The first kappa shape index (κ1) is 7.03. The van der Waals surface area contributed by atoms with Crippen molar-refractivity contribution in [2.75, 3.05) is 20.6 Å². The fourth-order valence-corrected chi connectivity index (χ4v) is 1.29. The van der Waals surface area contributed by atoms with E-state index in [1.165, 1.54) is 19.4 Å². The Bertz CT molecular complexity index is 90.9. The van der Waals surface area contributed by atoms with Crippen LogP contribution >= 0.6 is 0 Å². The molecule has 0 aromatic carbocycles. The minimum atomic E-state index is 0.493. The van der Waals surface area contributed by atoms with Crippen LogP contribution in [0.2, 0.25) is 0 Å². The summed E-state index contributed by atoms with van der Waals surface area (Å²) in [5.74, 6) is 0.778. The second-order valence-corrected chi connectivity index (χ2v) is 3.26. The molecule has 2 N–H and O–H groups in total. The van der Waals surface area contributed by atoms with Gasteiger partial charge in [0.05, 0.1) is 0 Å². The number of rotatable bonds is 2. The Morgan fingerprint density at radius 2 is 2.11 bits per heavy atom. The highest BCUT2D eigenvalue weighted by atomic mass is 15.1. The number of hydrogen-bond acceptors (Lipinski definition) is 2. The van der Waals surface area contributed by atoms with Crippen LogP contribution < -0.4 is 5.73 Å². The molecular weight excluding hydrogens is 112 g/mol. The smallest absolute Gasteiger partial charge is 0.00795 e. The van der Waals surface area contributed by atoms with Gasteiger partial charge in [-0.15, -0.1) is 0 Å². The highest BCUT2D eigenvalue weighted by molar-refractivity contribution is 4.84. The minimum absolute atomic E-state index is 0.493. The van der Waals surface area contributed by atoms with E-state index in [-0.39, 0.29) is 0 Å². The summed E-state index contributed by atoms with van der Waals surface area (Å²) in [4.78, 5) is 2.21. The van der Waals surface area contributed by atoms with Gasteiger partial charge in [0.15, 0.2) is 0 Å². The summed E-state index contributed by atoms with van der Waals surface area (Å²) >= 11 is 0. The lowest BCUT2D eigenvalue weighted by atomic mass is 9.80. The van der Waals surface area contributed by atoms with Crippen molar-refractivity contribution in [3.63, 3.8) is 0 Å². The molecule has 1 saturated carbocycles. The molecule has 1 fully saturated rings. The van der Waals surface area contributed by atoms with E-state index in [4.69, 9.17) is 5.73 Å². The molecule has 0 radical (unpaired) electrons. The van der Waals surface area contributed by atoms with Crippen molar-refractivity contribution < 1.29 is 0 Å². The standard InChI is InChI=1S/C7H16N2/c1-9(2)5-6-3-4-7(6)8/h6-7H,3-5,8H2,1-2H3. The lowest BCUT2D eigenvalue weighted by Crippen LogP contribution is -2.44. The highest BCUT2D eigenvalue weighted by Gasteiger charge is 2.26. The molecule has 0 bridgehead atoms. The zero-order chi connectivity index (χ0) is 6.85. The Morgan fingerprint density at radius 3 is 2.22 bits per heavy atom. The van der Waals surface area contributed by atoms with Crippen molar-refractivity contribution in [3.05, 3.63) is 0 Å². The Balaban J connectivity index is 2.13. The Kier molecular flexibility index (Phi) is 2.09. The molecule has 0 aromatic rings. The molecule has 0 aromatic heterocycles.